The van der Waals surface area contributed by atoms with Gasteiger partial charge in [0.25, 0.3) is 11.8 Å². The highest BCUT2D eigenvalue weighted by molar-refractivity contribution is 9.10. The molecule has 0 saturated carbocycles. The minimum Gasteiger partial charge on any atom is -0.399 e. The van der Waals surface area contributed by atoms with Gasteiger partial charge in [-0.15, -0.1) is 0 Å². The van der Waals surface area contributed by atoms with E-state index in [2.05, 4.69) is 87.4 Å². The second-order valence-corrected chi connectivity index (χ2v) is 27.0. The van der Waals surface area contributed by atoms with Crippen LogP contribution in [-0.2, 0) is 9.31 Å². The van der Waals surface area contributed by atoms with E-state index in [1.807, 2.05) is 84.9 Å². The number of benzene rings is 2. The van der Waals surface area contributed by atoms with Gasteiger partial charge in [0, 0.05) is 105 Å². The van der Waals surface area contributed by atoms with Crippen LogP contribution < -0.4 is 25.9 Å². The van der Waals surface area contributed by atoms with E-state index in [1.165, 1.54) is 36.7 Å². The van der Waals surface area contributed by atoms with Gasteiger partial charge in [0.2, 0.25) is 0 Å². The summed E-state index contributed by atoms with van der Waals surface area (Å²) in [7, 11) is -0.643. The van der Waals surface area contributed by atoms with Crippen LogP contribution >= 0.6 is 15.9 Å². The van der Waals surface area contributed by atoms with E-state index in [0.29, 0.717) is 75.8 Å². The number of aromatic nitrogens is 6. The van der Waals surface area contributed by atoms with E-state index < -0.39 is 46.7 Å². The van der Waals surface area contributed by atoms with E-state index in [9.17, 15) is 39.1 Å². The van der Waals surface area contributed by atoms with Crippen molar-refractivity contribution in [3.63, 3.8) is 0 Å². The number of pyridine rings is 4. The topological polar surface area (TPSA) is 232 Å². The normalized spacial score (nSPS) is 16.3. The summed E-state index contributed by atoms with van der Waals surface area (Å²) < 4.78 is 43.7. The molecule has 474 valence electrons. The Morgan fingerprint density at radius 3 is 1.48 bits per heavy atom. The first kappa shape index (κ1) is 67.4. The highest BCUT2D eigenvalue weighted by Gasteiger charge is 2.52. The maximum Gasteiger partial charge on any atom is 0.497 e. The fourth-order valence-electron chi connectivity index (χ4n) is 10.8. The van der Waals surface area contributed by atoms with Gasteiger partial charge in [-0.05, 0) is 196 Å². The standard InChI is InChI=1S/C32H31FN6O2.C19H22BN3O3.C19H21BrFN3O/c1-21-5-7-25(33)16-26(21)30(40)37-32(4)11-13-38(14-12-32)28-8-6-23(18-35-28)27-15-22(9-10-31(2,3)41)20-39-29(27)24(17-34)19-36-39;1-17(2,24)8-7-13-9-15(16-14(10-21)11-22-23(16)12-13)20-25-18(3,4)19(5,6)26-20;1-13-3-5-15(21)11-16(13)18(25)23-19(2)7-9-24(10-8-19)17-6-4-14(20)12-22-17/h5-8,15-16,18-20,41H,11-14H2,1-4H3,(H,37,40);9,11-12,24H,1-6H3;3-6,11-12H,7-10H2,1-2H3,(H,23,25). The molecule has 2 amide bonds. The van der Waals surface area contributed by atoms with Gasteiger partial charge in [0.1, 0.15) is 46.6 Å². The molecule has 92 heavy (non-hydrogen) atoms. The predicted molar refractivity (Wildman–Crippen MR) is 354 cm³/mol. The molecule has 6 aromatic heterocycles. The summed E-state index contributed by atoms with van der Waals surface area (Å²) in [6, 6.07) is 24.5. The summed E-state index contributed by atoms with van der Waals surface area (Å²) >= 11 is 3.39. The SMILES string of the molecule is CC(C)(O)C#Cc1cc(B2OC(C)(C)C(C)(C)O2)c2c(C#N)cnn2c1.Cc1ccc(F)cc1C(=O)NC1(C)CCN(c2ccc(-c3cc(C#CC(C)(C)O)cn4ncc(C#N)c34)cn2)CC1.Cc1ccc(F)cc1C(=O)NC1(C)CCN(c2ccc(Br)cn2)CC1. The Hall–Kier alpha value is -9.00. The van der Waals surface area contributed by atoms with Crippen molar-refractivity contribution in [3.05, 3.63) is 171 Å². The van der Waals surface area contributed by atoms with Crippen LogP contribution in [0.2, 0.25) is 0 Å². The van der Waals surface area contributed by atoms with Crippen molar-refractivity contribution in [1.82, 2.24) is 39.8 Å². The zero-order valence-electron chi connectivity index (χ0n) is 53.8. The van der Waals surface area contributed by atoms with Gasteiger partial charge in [0.05, 0.1) is 45.8 Å². The van der Waals surface area contributed by atoms with Gasteiger partial charge in [-0.2, -0.15) is 20.7 Å². The third kappa shape index (κ3) is 16.0. The Morgan fingerprint density at radius 1 is 0.620 bits per heavy atom. The van der Waals surface area contributed by atoms with Crippen LogP contribution in [0, 0.1) is 71.8 Å². The number of piperidine rings is 2. The molecule has 3 aliphatic rings. The Balaban J connectivity index is 0.000000171. The molecular formula is C70H74BBrF2N12O6. The van der Waals surface area contributed by atoms with Gasteiger partial charge in [-0.3, -0.25) is 9.59 Å². The fourth-order valence-corrected chi connectivity index (χ4v) is 11.0. The van der Waals surface area contributed by atoms with E-state index in [4.69, 9.17) is 14.3 Å². The molecule has 0 aliphatic carbocycles. The number of carbonyl (C=O) groups excluding carboxylic acids is 2. The summed E-state index contributed by atoms with van der Waals surface area (Å²) in [6.07, 6.45) is 13.1. The van der Waals surface area contributed by atoms with Crippen LogP contribution in [0.4, 0.5) is 20.4 Å². The first-order chi connectivity index (χ1) is 43.2. The van der Waals surface area contributed by atoms with Crippen molar-refractivity contribution in [2.24, 2.45) is 0 Å². The van der Waals surface area contributed by atoms with Crippen LogP contribution in [0.25, 0.3) is 22.2 Å². The summed E-state index contributed by atoms with van der Waals surface area (Å²) in [5, 5.41) is 53.8. The third-order valence-corrected chi connectivity index (χ3v) is 17.4. The van der Waals surface area contributed by atoms with Crippen molar-refractivity contribution in [2.75, 3.05) is 36.0 Å². The number of carbonyl (C=O) groups is 2. The van der Waals surface area contributed by atoms with Gasteiger partial charge < -0.3 is 40.0 Å². The molecule has 22 heteroatoms. The maximum atomic E-state index is 13.7. The molecule has 0 radical (unpaired) electrons. The third-order valence-electron chi connectivity index (χ3n) is 16.9. The molecule has 9 heterocycles. The molecular weight excluding hydrogens is 1230 g/mol. The highest BCUT2D eigenvalue weighted by atomic mass is 79.9. The largest absolute Gasteiger partial charge is 0.497 e. The van der Waals surface area contributed by atoms with Gasteiger partial charge in [-0.25, -0.2) is 27.8 Å². The van der Waals surface area contributed by atoms with Crippen molar-refractivity contribution < 1.29 is 37.9 Å². The monoisotopic (exact) mass is 1310 g/mol. The second-order valence-electron chi connectivity index (χ2n) is 26.1. The molecule has 3 saturated heterocycles. The number of hydrogen-bond donors (Lipinski definition) is 4. The van der Waals surface area contributed by atoms with Crippen molar-refractivity contribution >= 4 is 63.0 Å². The molecule has 8 aromatic rings. The van der Waals surface area contributed by atoms with Crippen LogP contribution in [0.1, 0.15) is 149 Å². The fraction of sp³-hybridized carbons (Fsp3) is 0.371. The molecule has 0 spiro atoms. The summed E-state index contributed by atoms with van der Waals surface area (Å²) in [5.74, 6) is 12.0. The number of amides is 2. The van der Waals surface area contributed by atoms with Crippen molar-refractivity contribution in [2.45, 2.75) is 142 Å². The minimum absolute atomic E-state index is 0.213. The predicted octanol–water partition coefficient (Wildman–Crippen LogP) is 10.3. The quantitative estimate of drug-likeness (QED) is 0.0819. The molecule has 18 nitrogen and oxygen atoms in total. The number of anilines is 2. The van der Waals surface area contributed by atoms with Crippen molar-refractivity contribution in [1.29, 1.82) is 10.5 Å². The van der Waals surface area contributed by atoms with Crippen LogP contribution in [0.5, 0.6) is 0 Å². The maximum absolute atomic E-state index is 13.7. The number of aryl methyl sites for hydroxylation is 2. The number of fused-ring (bicyclic) bond motifs is 2. The molecule has 3 aliphatic heterocycles. The van der Waals surface area contributed by atoms with E-state index in [-0.39, 0.29) is 17.4 Å². The number of rotatable bonds is 8. The molecule has 2 aromatic carbocycles. The smallest absolute Gasteiger partial charge is 0.399 e. The Bertz CT molecular complexity index is 4300. The number of halogens is 3. The second kappa shape index (κ2) is 26.7. The first-order valence-corrected chi connectivity index (χ1v) is 31.0. The molecule has 4 N–H and O–H groups in total. The van der Waals surface area contributed by atoms with Crippen LogP contribution in [-0.4, -0.2) is 118 Å². The number of hydrogen-bond acceptors (Lipinski definition) is 14. The lowest BCUT2D eigenvalue weighted by atomic mass is 9.77. The molecule has 0 atom stereocenters. The summed E-state index contributed by atoms with van der Waals surface area (Å²) in [4.78, 5) is 39.0. The first-order valence-electron chi connectivity index (χ1n) is 30.2. The lowest BCUT2D eigenvalue weighted by Crippen LogP contribution is -2.53. The lowest BCUT2D eigenvalue weighted by molar-refractivity contribution is 0.00578. The Morgan fingerprint density at radius 2 is 1.05 bits per heavy atom. The van der Waals surface area contributed by atoms with E-state index >= 15 is 0 Å². The van der Waals surface area contributed by atoms with E-state index in [0.717, 1.165) is 64.3 Å². The number of nitriles is 2. The van der Waals surface area contributed by atoms with Gasteiger partial charge in [0.15, 0.2) is 0 Å². The van der Waals surface area contributed by atoms with Crippen LogP contribution in [0.3, 0.4) is 0 Å². The van der Waals surface area contributed by atoms with Gasteiger partial charge >= 0.3 is 7.12 Å². The van der Waals surface area contributed by atoms with E-state index in [1.54, 1.807) is 80.6 Å². The lowest BCUT2D eigenvalue weighted by Gasteiger charge is -2.40. The molecule has 11 rings (SSSR count). The average Bonchev–Trinajstić information content (AvgIpc) is 1.59. The van der Waals surface area contributed by atoms with Crippen LogP contribution in [0.15, 0.2) is 114 Å². The number of nitrogens with one attached hydrogen (secondary N) is 2. The summed E-state index contributed by atoms with van der Waals surface area (Å²) in [6.45, 7) is 25.1. The zero-order chi connectivity index (χ0) is 66.7. The Labute approximate surface area is 544 Å². The van der Waals surface area contributed by atoms with Crippen molar-refractivity contribution in [3.8, 4) is 46.9 Å². The Kier molecular flexibility index (Phi) is 19.5. The number of aliphatic hydroxyl groups is 2. The average molecular weight is 1310 g/mol. The molecule has 3 fully saturated rings. The minimum atomic E-state index is -1.15. The number of nitrogens with zero attached hydrogens (tertiary/aromatic N) is 10. The molecule has 0 unspecified atom stereocenters. The highest BCUT2D eigenvalue weighted by Crippen LogP contribution is 2.38. The molecule has 0 bridgehead atoms. The summed E-state index contributed by atoms with van der Waals surface area (Å²) in [5.41, 5.74) is 4.03. The van der Waals surface area contributed by atoms with Gasteiger partial charge in [-0.1, -0.05) is 35.8 Å². The zero-order valence-corrected chi connectivity index (χ0v) is 55.3.